The lowest BCUT2D eigenvalue weighted by atomic mass is 10.4. The summed E-state index contributed by atoms with van der Waals surface area (Å²) in [6.45, 7) is 8.44. The lowest BCUT2D eigenvalue weighted by Gasteiger charge is -2.25. The first-order valence-corrected chi connectivity index (χ1v) is 5.83. The molecule has 0 saturated carbocycles. The number of likely N-dealkylation sites (N-methyl/N-ethyl adjacent to an activating group) is 1. The lowest BCUT2D eigenvalue weighted by molar-refractivity contribution is 0.307. The number of hydrogen-bond acceptors (Lipinski definition) is 4. The van der Waals surface area contributed by atoms with E-state index >= 15 is 0 Å². The van der Waals surface area contributed by atoms with Crippen molar-refractivity contribution >= 4 is 17.4 Å². The second-order valence-electron chi connectivity index (χ2n) is 3.45. The molecule has 1 aromatic heterocycles. The second kappa shape index (κ2) is 7.50. The minimum atomic E-state index is 0.256. The molecule has 0 saturated heterocycles. The topological polar surface area (TPSA) is 38.2 Å². The van der Waals surface area contributed by atoms with Crippen LogP contribution in [-0.4, -0.2) is 30.2 Å². The van der Waals surface area contributed by atoms with Crippen molar-refractivity contribution in [3.8, 4) is 5.75 Å². The zero-order valence-corrected chi connectivity index (χ0v) is 11.1. The highest BCUT2D eigenvalue weighted by Crippen LogP contribution is 2.27. The summed E-state index contributed by atoms with van der Waals surface area (Å²) in [6, 6.07) is 0. The number of aromatic nitrogens is 2. The van der Waals surface area contributed by atoms with E-state index < -0.39 is 0 Å². The van der Waals surface area contributed by atoms with Crippen LogP contribution in [0.15, 0.2) is 43.7 Å². The Balaban J connectivity index is 0.000000232. The Morgan fingerprint density at radius 2 is 2.06 bits per heavy atom. The molecule has 0 spiro atoms. The standard InChI is InChI=1S/C7H8ClN3O.C6H8/c1-11-2-3-12-5-4-9-7(8)10-6(5)11;1-3-5-6-4-2/h4H,2-3H2,1H3;3-6H,1-2H2/b;6-5-. The lowest BCUT2D eigenvalue weighted by Crippen LogP contribution is -2.29. The van der Waals surface area contributed by atoms with E-state index in [0.717, 1.165) is 12.4 Å². The third kappa shape index (κ3) is 4.22. The van der Waals surface area contributed by atoms with Gasteiger partial charge in [0.15, 0.2) is 11.6 Å². The largest absolute Gasteiger partial charge is 0.486 e. The fourth-order valence-corrected chi connectivity index (χ4v) is 1.40. The van der Waals surface area contributed by atoms with Crippen molar-refractivity contribution in [2.24, 2.45) is 0 Å². The van der Waals surface area contributed by atoms with Gasteiger partial charge in [0, 0.05) is 7.05 Å². The van der Waals surface area contributed by atoms with Gasteiger partial charge in [0.25, 0.3) is 0 Å². The fourth-order valence-electron chi connectivity index (χ4n) is 1.27. The van der Waals surface area contributed by atoms with Gasteiger partial charge in [-0.15, -0.1) is 0 Å². The molecule has 0 bridgehead atoms. The smallest absolute Gasteiger partial charge is 0.224 e. The van der Waals surface area contributed by atoms with Gasteiger partial charge < -0.3 is 9.64 Å². The molecule has 1 aromatic rings. The Morgan fingerprint density at radius 1 is 1.39 bits per heavy atom. The summed E-state index contributed by atoms with van der Waals surface area (Å²) in [6.07, 6.45) is 8.67. The van der Waals surface area contributed by atoms with Crippen LogP contribution in [0.3, 0.4) is 0 Å². The third-order valence-electron chi connectivity index (χ3n) is 2.14. The molecule has 2 rings (SSSR count). The van der Waals surface area contributed by atoms with Crippen molar-refractivity contribution in [2.75, 3.05) is 25.1 Å². The van der Waals surface area contributed by atoms with Crippen molar-refractivity contribution in [3.05, 3.63) is 48.9 Å². The number of nitrogens with zero attached hydrogens (tertiary/aromatic N) is 3. The Morgan fingerprint density at radius 3 is 2.67 bits per heavy atom. The normalized spacial score (nSPS) is 13.1. The van der Waals surface area contributed by atoms with Crippen LogP contribution >= 0.6 is 11.6 Å². The average molecular weight is 266 g/mol. The summed E-state index contributed by atoms with van der Waals surface area (Å²) in [5, 5.41) is 0.256. The van der Waals surface area contributed by atoms with Gasteiger partial charge in [-0.25, -0.2) is 4.98 Å². The summed E-state index contributed by atoms with van der Waals surface area (Å²) in [5.74, 6) is 1.47. The van der Waals surface area contributed by atoms with E-state index in [1.165, 1.54) is 0 Å². The van der Waals surface area contributed by atoms with Crippen LogP contribution in [-0.2, 0) is 0 Å². The molecular weight excluding hydrogens is 250 g/mol. The SMILES string of the molecule is C=C/C=C\C=C.CN1CCOc2cnc(Cl)nc21. The number of fused-ring (bicyclic) bond motifs is 1. The van der Waals surface area contributed by atoms with Gasteiger partial charge in [-0.3, -0.25) is 0 Å². The highest BCUT2D eigenvalue weighted by atomic mass is 35.5. The van der Waals surface area contributed by atoms with Gasteiger partial charge in [0.2, 0.25) is 5.28 Å². The van der Waals surface area contributed by atoms with Gasteiger partial charge in [-0.1, -0.05) is 37.5 Å². The van der Waals surface area contributed by atoms with Gasteiger partial charge in [-0.2, -0.15) is 4.98 Å². The maximum absolute atomic E-state index is 5.64. The van der Waals surface area contributed by atoms with Crippen LogP contribution in [0, 0.1) is 0 Å². The molecule has 2 heterocycles. The van der Waals surface area contributed by atoms with Crippen LogP contribution in [0.25, 0.3) is 0 Å². The summed E-state index contributed by atoms with van der Waals surface area (Å²) in [4.78, 5) is 9.87. The molecule has 4 nitrogen and oxygen atoms in total. The van der Waals surface area contributed by atoms with E-state index in [1.807, 2.05) is 24.1 Å². The van der Waals surface area contributed by atoms with Crippen LogP contribution < -0.4 is 9.64 Å². The van der Waals surface area contributed by atoms with Crippen LogP contribution in [0.5, 0.6) is 5.75 Å². The Kier molecular flexibility index (Phi) is 5.94. The minimum absolute atomic E-state index is 0.256. The van der Waals surface area contributed by atoms with E-state index in [9.17, 15) is 0 Å². The first-order chi connectivity index (χ1) is 8.69. The Bertz CT molecular complexity index is 436. The molecule has 0 fully saturated rings. The van der Waals surface area contributed by atoms with Gasteiger partial charge in [0.1, 0.15) is 6.61 Å². The maximum atomic E-state index is 5.64. The van der Waals surface area contributed by atoms with E-state index in [-0.39, 0.29) is 5.28 Å². The van der Waals surface area contributed by atoms with E-state index in [1.54, 1.807) is 18.3 Å². The zero-order chi connectivity index (χ0) is 13.4. The fraction of sp³-hybridized carbons (Fsp3) is 0.231. The van der Waals surface area contributed by atoms with Gasteiger partial charge >= 0.3 is 0 Å². The van der Waals surface area contributed by atoms with E-state index in [2.05, 4.69) is 23.1 Å². The summed E-state index contributed by atoms with van der Waals surface area (Å²) in [7, 11) is 1.95. The summed E-state index contributed by atoms with van der Waals surface area (Å²) in [5.41, 5.74) is 0. The predicted octanol–water partition coefficient (Wildman–Crippen LogP) is 2.87. The third-order valence-corrected chi connectivity index (χ3v) is 2.32. The quantitative estimate of drug-likeness (QED) is 0.609. The molecular formula is C13H16ClN3O. The molecule has 0 N–H and O–H groups in total. The molecule has 5 heteroatoms. The highest BCUT2D eigenvalue weighted by Gasteiger charge is 2.16. The van der Waals surface area contributed by atoms with E-state index in [0.29, 0.717) is 12.4 Å². The van der Waals surface area contributed by atoms with Crippen LogP contribution in [0.1, 0.15) is 0 Å². The first-order valence-electron chi connectivity index (χ1n) is 5.45. The molecule has 96 valence electrons. The number of hydrogen-bond donors (Lipinski definition) is 0. The number of anilines is 1. The van der Waals surface area contributed by atoms with Gasteiger partial charge in [-0.05, 0) is 11.6 Å². The molecule has 0 unspecified atom stereocenters. The monoisotopic (exact) mass is 265 g/mol. The molecule has 0 aromatic carbocycles. The minimum Gasteiger partial charge on any atom is -0.486 e. The summed E-state index contributed by atoms with van der Waals surface area (Å²) >= 11 is 5.64. The number of allylic oxidation sites excluding steroid dienone is 4. The average Bonchev–Trinajstić information content (AvgIpc) is 2.38. The molecule has 0 radical (unpaired) electrons. The highest BCUT2D eigenvalue weighted by molar-refractivity contribution is 6.28. The Labute approximate surface area is 112 Å². The molecule has 0 aliphatic carbocycles. The molecule has 0 atom stereocenters. The molecule has 1 aliphatic heterocycles. The number of rotatable bonds is 2. The second-order valence-corrected chi connectivity index (χ2v) is 3.79. The Hall–Kier alpha value is -1.81. The van der Waals surface area contributed by atoms with Crippen LogP contribution in [0.2, 0.25) is 5.28 Å². The van der Waals surface area contributed by atoms with Crippen molar-refractivity contribution < 1.29 is 4.74 Å². The van der Waals surface area contributed by atoms with Gasteiger partial charge in [0.05, 0.1) is 12.7 Å². The van der Waals surface area contributed by atoms with Crippen LogP contribution in [0.4, 0.5) is 5.82 Å². The van der Waals surface area contributed by atoms with E-state index in [4.69, 9.17) is 16.3 Å². The van der Waals surface area contributed by atoms with Crippen molar-refractivity contribution in [1.82, 2.24) is 9.97 Å². The maximum Gasteiger partial charge on any atom is 0.224 e. The van der Waals surface area contributed by atoms with Crippen molar-refractivity contribution in [1.29, 1.82) is 0 Å². The van der Waals surface area contributed by atoms with Crippen molar-refractivity contribution in [3.63, 3.8) is 0 Å². The summed E-state index contributed by atoms with van der Waals surface area (Å²) < 4.78 is 5.32. The number of ether oxygens (including phenoxy) is 1. The van der Waals surface area contributed by atoms with Crippen molar-refractivity contribution in [2.45, 2.75) is 0 Å². The molecule has 0 amide bonds. The zero-order valence-electron chi connectivity index (χ0n) is 10.3. The number of halogens is 1. The molecule has 1 aliphatic rings. The first kappa shape index (κ1) is 14.3. The molecule has 18 heavy (non-hydrogen) atoms. The predicted molar refractivity (Wildman–Crippen MR) is 75.3 cm³/mol.